The van der Waals surface area contributed by atoms with Gasteiger partial charge in [0.15, 0.2) is 18.1 Å². The number of carboxylic acids is 1. The molecule has 0 bridgehead atoms. The Kier molecular flexibility index (Phi) is 5.99. The number of carboxylic acid groups (broad SMARTS) is 1. The number of thiocarbonyl (C=S) groups is 1. The average molecular weight is 365 g/mol. The first-order chi connectivity index (χ1) is 11.5. The van der Waals surface area contributed by atoms with Crippen LogP contribution in [0.1, 0.15) is 5.56 Å². The van der Waals surface area contributed by atoms with E-state index in [-0.39, 0.29) is 11.7 Å². The van der Waals surface area contributed by atoms with Crippen LogP contribution in [0.2, 0.25) is 0 Å². The molecule has 0 aliphatic carbocycles. The average Bonchev–Trinajstić information content (AvgIpc) is 2.81. The molecular formula is C16H15NO5S2. The fourth-order valence-corrected chi connectivity index (χ4v) is 3.29. The lowest BCUT2D eigenvalue weighted by Gasteiger charge is -2.12. The van der Waals surface area contributed by atoms with Crippen LogP contribution >= 0.6 is 24.0 Å². The molecule has 8 heteroatoms. The number of para-hydroxylation sites is 1. The molecule has 0 spiro atoms. The SMILES string of the molecule is C=CCN1C(=O)C(=Cc2cccc(OC)c2OCC(=O)O)SC1=S. The van der Waals surface area contributed by atoms with Crippen LogP contribution in [-0.2, 0) is 9.59 Å². The standard InChI is InChI=1S/C16H15NO5S2/c1-3-7-17-15(20)12(24-16(17)23)8-10-5-4-6-11(21-2)14(10)22-9-13(18)19/h3-6,8H,1,7,9H2,2H3,(H,18,19). The van der Waals surface area contributed by atoms with Gasteiger partial charge in [-0.1, -0.05) is 42.2 Å². The van der Waals surface area contributed by atoms with Crippen molar-refractivity contribution in [2.75, 3.05) is 20.3 Å². The molecule has 6 nitrogen and oxygen atoms in total. The smallest absolute Gasteiger partial charge is 0.341 e. The fraction of sp³-hybridized carbons (Fsp3) is 0.188. The number of carbonyl (C=O) groups is 2. The maximum Gasteiger partial charge on any atom is 0.341 e. The highest BCUT2D eigenvalue weighted by Gasteiger charge is 2.31. The minimum absolute atomic E-state index is 0.225. The second kappa shape index (κ2) is 7.98. The summed E-state index contributed by atoms with van der Waals surface area (Å²) in [6.45, 7) is 3.43. The summed E-state index contributed by atoms with van der Waals surface area (Å²) in [6, 6.07) is 5.08. The van der Waals surface area contributed by atoms with Crippen molar-refractivity contribution in [2.24, 2.45) is 0 Å². The van der Waals surface area contributed by atoms with Gasteiger partial charge in [0.1, 0.15) is 4.32 Å². The molecule has 0 unspecified atom stereocenters. The molecule has 1 saturated heterocycles. The van der Waals surface area contributed by atoms with Crippen molar-refractivity contribution in [2.45, 2.75) is 0 Å². The van der Waals surface area contributed by atoms with Gasteiger partial charge in [0, 0.05) is 12.1 Å². The Morgan fingerprint density at radius 1 is 1.50 bits per heavy atom. The Morgan fingerprint density at radius 2 is 2.25 bits per heavy atom. The molecule has 1 aliphatic heterocycles. The Bertz CT molecular complexity index is 729. The Morgan fingerprint density at radius 3 is 2.88 bits per heavy atom. The fourth-order valence-electron chi connectivity index (χ4n) is 2.02. The van der Waals surface area contributed by atoms with Crippen LogP contribution in [0, 0.1) is 0 Å². The lowest BCUT2D eigenvalue weighted by molar-refractivity contribution is -0.139. The third-order valence-electron chi connectivity index (χ3n) is 3.04. The Hall–Kier alpha value is -2.32. The number of hydrogen-bond donors (Lipinski definition) is 1. The summed E-state index contributed by atoms with van der Waals surface area (Å²) in [5.41, 5.74) is 0.537. The highest BCUT2D eigenvalue weighted by molar-refractivity contribution is 8.26. The molecule has 1 amide bonds. The lowest BCUT2D eigenvalue weighted by Crippen LogP contribution is -2.27. The van der Waals surface area contributed by atoms with Crippen molar-refractivity contribution >= 4 is 46.3 Å². The van der Waals surface area contributed by atoms with E-state index in [1.54, 1.807) is 30.4 Å². The van der Waals surface area contributed by atoms with E-state index in [9.17, 15) is 9.59 Å². The molecule has 1 fully saturated rings. The predicted octanol–water partition coefficient (Wildman–Crippen LogP) is 2.55. The normalized spacial score (nSPS) is 15.7. The molecule has 24 heavy (non-hydrogen) atoms. The van der Waals surface area contributed by atoms with Gasteiger partial charge in [-0.3, -0.25) is 9.69 Å². The number of thioether (sulfide) groups is 1. The van der Waals surface area contributed by atoms with Gasteiger partial charge in [0.25, 0.3) is 5.91 Å². The van der Waals surface area contributed by atoms with E-state index in [2.05, 4.69) is 6.58 Å². The van der Waals surface area contributed by atoms with Crippen LogP contribution in [0.5, 0.6) is 11.5 Å². The van der Waals surface area contributed by atoms with E-state index in [1.165, 1.54) is 23.8 Å². The quantitative estimate of drug-likeness (QED) is 0.452. The molecule has 1 aromatic rings. The summed E-state index contributed by atoms with van der Waals surface area (Å²) in [4.78, 5) is 25.0. The van der Waals surface area contributed by atoms with Crippen molar-refractivity contribution in [1.29, 1.82) is 0 Å². The summed E-state index contributed by atoms with van der Waals surface area (Å²) >= 11 is 6.36. The van der Waals surface area contributed by atoms with Gasteiger partial charge in [-0.05, 0) is 12.1 Å². The number of ether oxygens (including phenoxy) is 2. The minimum Gasteiger partial charge on any atom is -0.493 e. The monoisotopic (exact) mass is 365 g/mol. The molecule has 0 atom stereocenters. The van der Waals surface area contributed by atoms with Crippen LogP contribution in [0.4, 0.5) is 0 Å². The second-order valence-electron chi connectivity index (χ2n) is 4.64. The van der Waals surface area contributed by atoms with E-state index in [1.807, 2.05) is 0 Å². The third kappa shape index (κ3) is 3.95. The number of amides is 1. The first-order valence-electron chi connectivity index (χ1n) is 6.85. The van der Waals surface area contributed by atoms with Crippen LogP contribution < -0.4 is 9.47 Å². The number of aliphatic carboxylic acids is 1. The molecule has 0 radical (unpaired) electrons. The van der Waals surface area contributed by atoms with Gasteiger partial charge in [-0.2, -0.15) is 0 Å². The van der Waals surface area contributed by atoms with E-state index in [0.717, 1.165) is 0 Å². The molecule has 1 N–H and O–H groups in total. The number of hydrogen-bond acceptors (Lipinski definition) is 6. The van der Waals surface area contributed by atoms with Crippen LogP contribution in [0.25, 0.3) is 6.08 Å². The number of benzene rings is 1. The van der Waals surface area contributed by atoms with Gasteiger partial charge in [0.05, 0.1) is 12.0 Å². The zero-order valence-electron chi connectivity index (χ0n) is 12.9. The van der Waals surface area contributed by atoms with Gasteiger partial charge < -0.3 is 14.6 Å². The first kappa shape index (κ1) is 18.0. The molecule has 0 saturated carbocycles. The topological polar surface area (TPSA) is 76.1 Å². The van der Waals surface area contributed by atoms with Crippen molar-refractivity contribution in [3.05, 3.63) is 41.3 Å². The maximum atomic E-state index is 12.4. The van der Waals surface area contributed by atoms with Crippen molar-refractivity contribution in [1.82, 2.24) is 4.90 Å². The number of carbonyl (C=O) groups excluding carboxylic acids is 1. The highest BCUT2D eigenvalue weighted by Crippen LogP contribution is 2.37. The van der Waals surface area contributed by atoms with Gasteiger partial charge in [-0.15, -0.1) is 6.58 Å². The van der Waals surface area contributed by atoms with E-state index in [0.29, 0.717) is 27.1 Å². The molecule has 1 aliphatic rings. The Balaban J connectivity index is 2.38. The molecule has 2 rings (SSSR count). The number of rotatable bonds is 7. The molecule has 126 valence electrons. The van der Waals surface area contributed by atoms with Gasteiger partial charge in [0.2, 0.25) is 0 Å². The van der Waals surface area contributed by atoms with Gasteiger partial charge in [-0.25, -0.2) is 4.79 Å². The van der Waals surface area contributed by atoms with E-state index in [4.69, 9.17) is 26.8 Å². The molecule has 1 aromatic carbocycles. The maximum absolute atomic E-state index is 12.4. The molecule has 0 aromatic heterocycles. The van der Waals surface area contributed by atoms with Crippen molar-refractivity contribution in [3.63, 3.8) is 0 Å². The summed E-state index contributed by atoms with van der Waals surface area (Å²) in [7, 11) is 1.45. The summed E-state index contributed by atoms with van der Waals surface area (Å²) in [5, 5.41) is 8.81. The van der Waals surface area contributed by atoms with Crippen LogP contribution in [0.15, 0.2) is 35.8 Å². The zero-order valence-corrected chi connectivity index (χ0v) is 14.5. The van der Waals surface area contributed by atoms with Gasteiger partial charge >= 0.3 is 5.97 Å². The summed E-state index contributed by atoms with van der Waals surface area (Å²) in [5.74, 6) is -0.691. The zero-order chi connectivity index (χ0) is 17.7. The van der Waals surface area contributed by atoms with E-state index >= 15 is 0 Å². The number of nitrogens with zero attached hydrogens (tertiary/aromatic N) is 1. The highest BCUT2D eigenvalue weighted by atomic mass is 32.2. The first-order valence-corrected chi connectivity index (χ1v) is 8.08. The summed E-state index contributed by atoms with van der Waals surface area (Å²) < 4.78 is 11.0. The van der Waals surface area contributed by atoms with Crippen LogP contribution in [-0.4, -0.2) is 46.5 Å². The second-order valence-corrected chi connectivity index (χ2v) is 6.32. The lowest BCUT2D eigenvalue weighted by atomic mass is 10.1. The van der Waals surface area contributed by atoms with E-state index < -0.39 is 12.6 Å². The van der Waals surface area contributed by atoms with Crippen molar-refractivity contribution in [3.8, 4) is 11.5 Å². The number of methoxy groups -OCH3 is 1. The summed E-state index contributed by atoms with van der Waals surface area (Å²) in [6.07, 6.45) is 3.21. The minimum atomic E-state index is -1.11. The predicted molar refractivity (Wildman–Crippen MR) is 96.2 cm³/mol. The molecule has 1 heterocycles. The molecular weight excluding hydrogens is 350 g/mol. The van der Waals surface area contributed by atoms with Crippen molar-refractivity contribution < 1.29 is 24.2 Å². The Labute approximate surface area is 148 Å². The largest absolute Gasteiger partial charge is 0.493 e. The third-order valence-corrected chi connectivity index (χ3v) is 4.42. The van der Waals surface area contributed by atoms with Crippen LogP contribution in [0.3, 0.4) is 0 Å².